The highest BCUT2D eigenvalue weighted by Gasteiger charge is 2.19. The molecule has 0 spiro atoms. The van der Waals surface area contributed by atoms with Crippen molar-refractivity contribution in [1.82, 2.24) is 15.2 Å². The van der Waals surface area contributed by atoms with Crippen LogP contribution in [0.3, 0.4) is 0 Å². The molecule has 4 heteroatoms. The van der Waals surface area contributed by atoms with E-state index in [4.69, 9.17) is 0 Å². The van der Waals surface area contributed by atoms with Gasteiger partial charge in [0, 0.05) is 44.5 Å². The number of amides is 1. The van der Waals surface area contributed by atoms with Crippen LogP contribution in [0.5, 0.6) is 0 Å². The monoisotopic (exact) mass is 235 g/mol. The van der Waals surface area contributed by atoms with E-state index < -0.39 is 0 Å². The van der Waals surface area contributed by atoms with Crippen molar-refractivity contribution < 1.29 is 4.79 Å². The van der Waals surface area contributed by atoms with Crippen LogP contribution < -0.4 is 5.32 Å². The number of nitrogens with zero attached hydrogens (tertiary/aromatic N) is 1. The summed E-state index contributed by atoms with van der Waals surface area (Å²) in [5, 5.41) is 3.35. The predicted octanol–water partition coefficient (Wildman–Crippen LogP) is 1.16. The highest BCUT2D eigenvalue weighted by Crippen LogP contribution is 2.07. The first-order chi connectivity index (χ1) is 8.25. The lowest BCUT2D eigenvalue weighted by Gasteiger charge is -2.32. The number of aromatic amines is 1. The fourth-order valence-corrected chi connectivity index (χ4v) is 2.27. The minimum absolute atomic E-state index is 0.300. The quantitative estimate of drug-likeness (QED) is 0.822. The summed E-state index contributed by atoms with van der Waals surface area (Å²) in [6.07, 6.45) is 6.51. The standard InChI is InChI=1S/C13H21N3O/c1-11-10-16(8-7-15-11)13(17)4-2-3-12-5-6-14-9-12/h5-6,9,11,14-15H,2-4,7-8,10H2,1H3. The first-order valence-corrected chi connectivity index (χ1v) is 6.38. The molecule has 1 atom stereocenters. The van der Waals surface area contributed by atoms with E-state index in [1.54, 1.807) is 0 Å². The lowest BCUT2D eigenvalue weighted by molar-refractivity contribution is -0.132. The molecule has 1 saturated heterocycles. The van der Waals surface area contributed by atoms with Gasteiger partial charge in [-0.15, -0.1) is 0 Å². The molecular formula is C13H21N3O. The van der Waals surface area contributed by atoms with Crippen LogP contribution in [0.1, 0.15) is 25.3 Å². The van der Waals surface area contributed by atoms with Crippen molar-refractivity contribution in [2.45, 2.75) is 32.2 Å². The maximum absolute atomic E-state index is 12.0. The Morgan fingerprint density at radius 2 is 2.47 bits per heavy atom. The van der Waals surface area contributed by atoms with E-state index in [9.17, 15) is 4.79 Å². The zero-order valence-corrected chi connectivity index (χ0v) is 10.4. The summed E-state index contributed by atoms with van der Waals surface area (Å²) < 4.78 is 0. The molecule has 1 aromatic rings. The number of H-pyrrole nitrogens is 1. The summed E-state index contributed by atoms with van der Waals surface area (Å²) in [5.41, 5.74) is 1.28. The third-order valence-electron chi connectivity index (χ3n) is 3.24. The van der Waals surface area contributed by atoms with Gasteiger partial charge >= 0.3 is 0 Å². The van der Waals surface area contributed by atoms with Gasteiger partial charge in [-0.25, -0.2) is 0 Å². The highest BCUT2D eigenvalue weighted by atomic mass is 16.2. The van der Waals surface area contributed by atoms with Crippen LogP contribution in [0, 0.1) is 0 Å². The Bertz CT molecular complexity index is 348. The summed E-state index contributed by atoms with van der Waals surface area (Å²) in [7, 11) is 0. The van der Waals surface area contributed by atoms with Gasteiger partial charge in [0.25, 0.3) is 0 Å². The molecule has 17 heavy (non-hydrogen) atoms. The van der Waals surface area contributed by atoms with Gasteiger partial charge in [0.05, 0.1) is 0 Å². The van der Waals surface area contributed by atoms with Gasteiger partial charge in [-0.05, 0) is 31.4 Å². The van der Waals surface area contributed by atoms with E-state index in [0.29, 0.717) is 18.4 Å². The van der Waals surface area contributed by atoms with Gasteiger partial charge in [-0.1, -0.05) is 0 Å². The van der Waals surface area contributed by atoms with Crippen molar-refractivity contribution in [3.63, 3.8) is 0 Å². The highest BCUT2D eigenvalue weighted by molar-refractivity contribution is 5.76. The lowest BCUT2D eigenvalue weighted by atomic mass is 10.1. The minimum Gasteiger partial charge on any atom is -0.367 e. The van der Waals surface area contributed by atoms with Crippen molar-refractivity contribution >= 4 is 5.91 Å². The number of hydrogen-bond donors (Lipinski definition) is 2. The van der Waals surface area contributed by atoms with Crippen LogP contribution in [0.2, 0.25) is 0 Å². The Hall–Kier alpha value is -1.29. The molecule has 94 valence electrons. The second kappa shape index (κ2) is 5.87. The molecule has 1 fully saturated rings. The van der Waals surface area contributed by atoms with Crippen LogP contribution >= 0.6 is 0 Å². The van der Waals surface area contributed by atoms with Crippen molar-refractivity contribution in [3.8, 4) is 0 Å². The largest absolute Gasteiger partial charge is 0.367 e. The number of hydrogen-bond acceptors (Lipinski definition) is 2. The van der Waals surface area contributed by atoms with Crippen molar-refractivity contribution in [1.29, 1.82) is 0 Å². The van der Waals surface area contributed by atoms with E-state index in [-0.39, 0.29) is 0 Å². The minimum atomic E-state index is 0.300. The molecule has 0 saturated carbocycles. The van der Waals surface area contributed by atoms with Gasteiger partial charge in [0.2, 0.25) is 5.91 Å². The van der Waals surface area contributed by atoms with Gasteiger partial charge in [0.1, 0.15) is 0 Å². The average molecular weight is 235 g/mol. The number of piperazine rings is 1. The molecule has 1 aliphatic rings. The van der Waals surface area contributed by atoms with E-state index in [0.717, 1.165) is 32.5 Å². The smallest absolute Gasteiger partial charge is 0.222 e. The molecule has 1 aromatic heterocycles. The fraction of sp³-hybridized carbons (Fsp3) is 0.615. The van der Waals surface area contributed by atoms with Crippen molar-refractivity contribution in [2.24, 2.45) is 0 Å². The average Bonchev–Trinajstić information content (AvgIpc) is 2.82. The third kappa shape index (κ3) is 3.60. The SMILES string of the molecule is CC1CN(C(=O)CCCc2cc[nH]c2)CCN1. The van der Waals surface area contributed by atoms with E-state index >= 15 is 0 Å². The summed E-state index contributed by atoms with van der Waals surface area (Å²) in [6, 6.07) is 2.49. The molecule has 2 N–H and O–H groups in total. The fourth-order valence-electron chi connectivity index (χ4n) is 2.27. The molecule has 1 amide bonds. The summed E-state index contributed by atoms with van der Waals surface area (Å²) in [4.78, 5) is 17.0. The van der Waals surface area contributed by atoms with Crippen LogP contribution in [-0.2, 0) is 11.2 Å². The Morgan fingerprint density at radius 1 is 1.59 bits per heavy atom. The van der Waals surface area contributed by atoms with E-state index in [1.165, 1.54) is 5.56 Å². The number of nitrogens with one attached hydrogen (secondary N) is 2. The van der Waals surface area contributed by atoms with Crippen LogP contribution in [0.15, 0.2) is 18.5 Å². The number of aryl methyl sites for hydroxylation is 1. The number of rotatable bonds is 4. The summed E-state index contributed by atoms with van der Waals surface area (Å²) >= 11 is 0. The maximum Gasteiger partial charge on any atom is 0.222 e. The number of carbonyl (C=O) groups excluding carboxylic acids is 1. The molecule has 0 aromatic carbocycles. The Balaban J connectivity index is 1.70. The number of carbonyl (C=O) groups is 1. The first kappa shape index (κ1) is 12.2. The Morgan fingerprint density at radius 3 is 3.18 bits per heavy atom. The normalized spacial score (nSPS) is 20.5. The van der Waals surface area contributed by atoms with E-state index in [2.05, 4.69) is 23.3 Å². The molecule has 1 unspecified atom stereocenters. The molecule has 2 heterocycles. The summed E-state index contributed by atoms with van der Waals surface area (Å²) in [5.74, 6) is 0.300. The van der Waals surface area contributed by atoms with Crippen molar-refractivity contribution in [2.75, 3.05) is 19.6 Å². The lowest BCUT2D eigenvalue weighted by Crippen LogP contribution is -2.51. The van der Waals surface area contributed by atoms with Gasteiger partial charge < -0.3 is 15.2 Å². The zero-order chi connectivity index (χ0) is 12.1. The van der Waals surface area contributed by atoms with Gasteiger partial charge in [0.15, 0.2) is 0 Å². The molecule has 0 aliphatic carbocycles. The second-order valence-electron chi connectivity index (χ2n) is 4.77. The molecule has 0 bridgehead atoms. The van der Waals surface area contributed by atoms with Gasteiger partial charge in [-0.2, -0.15) is 0 Å². The van der Waals surface area contributed by atoms with Gasteiger partial charge in [-0.3, -0.25) is 4.79 Å². The molecule has 1 aliphatic heterocycles. The third-order valence-corrected chi connectivity index (χ3v) is 3.24. The Kier molecular flexibility index (Phi) is 4.20. The Labute approximate surface area is 102 Å². The summed E-state index contributed by atoms with van der Waals surface area (Å²) in [6.45, 7) is 4.75. The molecule has 0 radical (unpaired) electrons. The van der Waals surface area contributed by atoms with Crippen LogP contribution in [0.4, 0.5) is 0 Å². The molecule has 4 nitrogen and oxygen atoms in total. The predicted molar refractivity (Wildman–Crippen MR) is 67.8 cm³/mol. The topological polar surface area (TPSA) is 48.1 Å². The van der Waals surface area contributed by atoms with Crippen LogP contribution in [-0.4, -0.2) is 41.5 Å². The van der Waals surface area contributed by atoms with Crippen molar-refractivity contribution in [3.05, 3.63) is 24.0 Å². The maximum atomic E-state index is 12.0. The van der Waals surface area contributed by atoms with Crippen LogP contribution in [0.25, 0.3) is 0 Å². The number of aromatic nitrogens is 1. The molecular weight excluding hydrogens is 214 g/mol. The molecule has 2 rings (SSSR count). The van der Waals surface area contributed by atoms with E-state index in [1.807, 2.05) is 17.3 Å². The zero-order valence-electron chi connectivity index (χ0n) is 10.4. The second-order valence-corrected chi connectivity index (χ2v) is 4.77. The first-order valence-electron chi connectivity index (χ1n) is 6.38.